The highest BCUT2D eigenvalue weighted by molar-refractivity contribution is 8.77. The minimum Gasteiger partial charge on any atom is -0.395 e. The van der Waals surface area contributed by atoms with E-state index in [1.807, 2.05) is 13.8 Å². The summed E-state index contributed by atoms with van der Waals surface area (Å²) >= 11 is 0. The molecule has 0 rings (SSSR count). The molecule has 0 aliphatic carbocycles. The van der Waals surface area contributed by atoms with Gasteiger partial charge in [-0.1, -0.05) is 21.6 Å². The lowest BCUT2D eigenvalue weighted by molar-refractivity contribution is 0.248. The van der Waals surface area contributed by atoms with E-state index in [1.165, 1.54) is 0 Å². The fraction of sp³-hybridized carbons (Fsp3) is 1.00. The van der Waals surface area contributed by atoms with Crippen LogP contribution in [0.5, 0.6) is 0 Å². The summed E-state index contributed by atoms with van der Waals surface area (Å²) in [6, 6.07) is -0.173. The predicted molar refractivity (Wildman–Crippen MR) is 58.2 cm³/mol. The molecule has 5 heteroatoms. The van der Waals surface area contributed by atoms with Gasteiger partial charge in [-0.05, 0) is 13.8 Å². The van der Waals surface area contributed by atoms with Crippen molar-refractivity contribution < 1.29 is 5.11 Å². The maximum Gasteiger partial charge on any atom is 0.0596 e. The highest BCUT2D eigenvalue weighted by Crippen LogP contribution is 2.36. The molecule has 0 saturated carbocycles. The summed E-state index contributed by atoms with van der Waals surface area (Å²) in [6.07, 6.45) is 0. The molecule has 3 nitrogen and oxygen atoms in total. The fourth-order valence-corrected chi connectivity index (χ4v) is 3.03. The van der Waals surface area contributed by atoms with Gasteiger partial charge in [0.05, 0.1) is 6.61 Å². The van der Waals surface area contributed by atoms with Gasteiger partial charge in [-0.3, -0.25) is 0 Å². The van der Waals surface area contributed by atoms with Crippen molar-refractivity contribution in [1.82, 2.24) is 0 Å². The zero-order valence-electron chi connectivity index (χ0n) is 7.62. The standard InChI is InChI=1S/C7H18N2OS2/c1-7(2,6(9)5-10)12-11-4-3-8/h6,10H,3-5,8-9H2,1-2H3/t6-/m1/s1. The zero-order chi connectivity index (χ0) is 9.61. The zero-order valence-corrected chi connectivity index (χ0v) is 9.25. The van der Waals surface area contributed by atoms with Crippen LogP contribution in [0.1, 0.15) is 13.8 Å². The molecular weight excluding hydrogens is 192 g/mol. The van der Waals surface area contributed by atoms with Crippen LogP contribution in [0.4, 0.5) is 0 Å². The molecule has 0 unspecified atom stereocenters. The molecule has 1 atom stereocenters. The molecule has 0 aliphatic rings. The van der Waals surface area contributed by atoms with Crippen molar-refractivity contribution in [1.29, 1.82) is 0 Å². The monoisotopic (exact) mass is 210 g/mol. The van der Waals surface area contributed by atoms with Crippen molar-refractivity contribution in [3.05, 3.63) is 0 Å². The molecule has 74 valence electrons. The van der Waals surface area contributed by atoms with Crippen LogP contribution in [0.2, 0.25) is 0 Å². The van der Waals surface area contributed by atoms with Crippen LogP contribution in [0, 0.1) is 0 Å². The van der Waals surface area contributed by atoms with E-state index in [1.54, 1.807) is 21.6 Å². The summed E-state index contributed by atoms with van der Waals surface area (Å²) in [5, 5.41) is 8.85. The van der Waals surface area contributed by atoms with Gasteiger partial charge in [0.25, 0.3) is 0 Å². The van der Waals surface area contributed by atoms with Crippen LogP contribution >= 0.6 is 21.6 Å². The van der Waals surface area contributed by atoms with Gasteiger partial charge in [0.15, 0.2) is 0 Å². The summed E-state index contributed by atoms with van der Waals surface area (Å²) in [6.45, 7) is 4.77. The number of hydrogen-bond donors (Lipinski definition) is 3. The molecule has 0 aromatic rings. The van der Waals surface area contributed by atoms with Crippen LogP contribution in [0.3, 0.4) is 0 Å². The van der Waals surface area contributed by atoms with Gasteiger partial charge < -0.3 is 16.6 Å². The molecule has 0 radical (unpaired) electrons. The molecule has 0 aliphatic heterocycles. The van der Waals surface area contributed by atoms with Gasteiger partial charge in [-0.2, -0.15) is 0 Å². The number of aliphatic hydroxyl groups is 1. The quantitative estimate of drug-likeness (QED) is 0.438. The molecular formula is C7H18N2OS2. The third-order valence-electron chi connectivity index (χ3n) is 1.56. The first-order valence-electron chi connectivity index (χ1n) is 3.91. The lowest BCUT2D eigenvalue weighted by Crippen LogP contribution is -2.42. The molecule has 0 aromatic heterocycles. The fourth-order valence-electron chi connectivity index (χ4n) is 0.523. The summed E-state index contributed by atoms with van der Waals surface area (Å²) < 4.78 is -0.0887. The highest BCUT2D eigenvalue weighted by Gasteiger charge is 2.26. The number of hydrogen-bond acceptors (Lipinski definition) is 5. The second kappa shape index (κ2) is 6.10. The average Bonchev–Trinajstić information content (AvgIpc) is 2.03. The smallest absolute Gasteiger partial charge is 0.0596 e. The van der Waals surface area contributed by atoms with E-state index in [4.69, 9.17) is 16.6 Å². The molecule has 0 aromatic carbocycles. The van der Waals surface area contributed by atoms with Gasteiger partial charge in [-0.25, -0.2) is 0 Å². The minimum absolute atomic E-state index is 0.0309. The molecule has 5 N–H and O–H groups in total. The number of aliphatic hydroxyl groups excluding tert-OH is 1. The number of rotatable bonds is 6. The van der Waals surface area contributed by atoms with E-state index in [0.717, 1.165) is 5.75 Å². The maximum absolute atomic E-state index is 8.85. The Labute approximate surface area is 82.0 Å². The largest absolute Gasteiger partial charge is 0.395 e. The van der Waals surface area contributed by atoms with Crippen LogP contribution in [-0.4, -0.2) is 34.8 Å². The molecule has 0 saturated heterocycles. The first kappa shape index (κ1) is 12.6. The van der Waals surface area contributed by atoms with E-state index in [0.29, 0.717) is 6.54 Å². The molecule has 0 heterocycles. The van der Waals surface area contributed by atoms with E-state index in [2.05, 4.69) is 0 Å². The normalized spacial score (nSPS) is 14.8. The Balaban J connectivity index is 3.70. The first-order chi connectivity index (χ1) is 5.54. The molecule has 0 fully saturated rings. The summed E-state index contributed by atoms with van der Waals surface area (Å²) in [4.78, 5) is 0. The van der Waals surface area contributed by atoms with Crippen molar-refractivity contribution in [2.45, 2.75) is 24.6 Å². The lowest BCUT2D eigenvalue weighted by atomic mass is 10.1. The molecule has 0 spiro atoms. The minimum atomic E-state index is -0.173. The highest BCUT2D eigenvalue weighted by atomic mass is 33.1. The SMILES string of the molecule is CC(C)(SSCCN)[C@H](N)CO. The molecule has 0 bridgehead atoms. The Morgan fingerprint density at radius 1 is 1.50 bits per heavy atom. The lowest BCUT2D eigenvalue weighted by Gasteiger charge is -2.28. The Morgan fingerprint density at radius 2 is 2.08 bits per heavy atom. The van der Waals surface area contributed by atoms with E-state index >= 15 is 0 Å². The summed E-state index contributed by atoms with van der Waals surface area (Å²) in [5.74, 6) is 0.923. The molecule has 0 amide bonds. The third-order valence-corrected chi connectivity index (χ3v) is 4.96. The maximum atomic E-state index is 8.85. The van der Waals surface area contributed by atoms with Gasteiger partial charge in [0.2, 0.25) is 0 Å². The Morgan fingerprint density at radius 3 is 2.50 bits per heavy atom. The van der Waals surface area contributed by atoms with Crippen molar-refractivity contribution in [2.24, 2.45) is 11.5 Å². The Hall–Kier alpha value is 0.580. The topological polar surface area (TPSA) is 72.3 Å². The summed E-state index contributed by atoms with van der Waals surface area (Å²) in [7, 11) is 3.39. The number of nitrogens with two attached hydrogens (primary N) is 2. The van der Waals surface area contributed by atoms with Gasteiger partial charge >= 0.3 is 0 Å². The van der Waals surface area contributed by atoms with Crippen LogP contribution in [0.25, 0.3) is 0 Å². The van der Waals surface area contributed by atoms with E-state index in [9.17, 15) is 0 Å². The Bertz CT molecular complexity index is 122. The van der Waals surface area contributed by atoms with E-state index < -0.39 is 0 Å². The van der Waals surface area contributed by atoms with Crippen molar-refractivity contribution in [2.75, 3.05) is 18.9 Å². The van der Waals surface area contributed by atoms with Gasteiger partial charge in [-0.15, -0.1) is 0 Å². The second-order valence-electron chi connectivity index (χ2n) is 3.09. The van der Waals surface area contributed by atoms with E-state index in [-0.39, 0.29) is 17.4 Å². The first-order valence-corrected chi connectivity index (χ1v) is 6.23. The van der Waals surface area contributed by atoms with Crippen LogP contribution in [0.15, 0.2) is 0 Å². The second-order valence-corrected chi connectivity index (χ2v) is 6.16. The van der Waals surface area contributed by atoms with Crippen LogP contribution in [-0.2, 0) is 0 Å². The van der Waals surface area contributed by atoms with Crippen molar-refractivity contribution >= 4 is 21.6 Å². The van der Waals surface area contributed by atoms with Crippen molar-refractivity contribution in [3.8, 4) is 0 Å². The van der Waals surface area contributed by atoms with Crippen LogP contribution < -0.4 is 11.5 Å². The molecule has 12 heavy (non-hydrogen) atoms. The van der Waals surface area contributed by atoms with Gasteiger partial charge in [0, 0.05) is 23.1 Å². The van der Waals surface area contributed by atoms with Gasteiger partial charge in [0.1, 0.15) is 0 Å². The predicted octanol–water partition coefficient (Wildman–Crippen LogP) is 0.425. The summed E-state index contributed by atoms with van der Waals surface area (Å²) in [5.41, 5.74) is 11.1. The Kier molecular flexibility index (Phi) is 6.39. The average molecular weight is 210 g/mol. The third kappa shape index (κ3) is 4.57. The van der Waals surface area contributed by atoms with Crippen molar-refractivity contribution in [3.63, 3.8) is 0 Å².